The summed E-state index contributed by atoms with van der Waals surface area (Å²) in [6, 6.07) is 7.80. The largest absolute Gasteiger partial charge is 0.335 e. The van der Waals surface area contributed by atoms with Gasteiger partial charge < -0.3 is 4.90 Å². The minimum atomic E-state index is 0. The van der Waals surface area contributed by atoms with Crippen LogP contribution in [0.3, 0.4) is 0 Å². The number of halogens is 1. The van der Waals surface area contributed by atoms with Crippen LogP contribution in [0.5, 0.6) is 0 Å². The SMILES string of the molecule is CCN1Cc2ccccc2C1=O.Cl. The van der Waals surface area contributed by atoms with Crippen LogP contribution in [0, 0.1) is 0 Å². The summed E-state index contributed by atoms with van der Waals surface area (Å²) in [5.41, 5.74) is 2.03. The zero-order chi connectivity index (χ0) is 8.55. The molecule has 0 saturated carbocycles. The van der Waals surface area contributed by atoms with Gasteiger partial charge in [0.05, 0.1) is 0 Å². The molecule has 1 amide bonds. The van der Waals surface area contributed by atoms with E-state index in [0.29, 0.717) is 0 Å². The highest BCUT2D eigenvalue weighted by molar-refractivity contribution is 5.98. The predicted molar refractivity (Wildman–Crippen MR) is 54.1 cm³/mol. The fourth-order valence-corrected chi connectivity index (χ4v) is 1.57. The minimum Gasteiger partial charge on any atom is -0.335 e. The van der Waals surface area contributed by atoms with Gasteiger partial charge in [-0.3, -0.25) is 4.79 Å². The Bertz CT molecular complexity index is 324. The Labute approximate surface area is 84.0 Å². The van der Waals surface area contributed by atoms with E-state index in [9.17, 15) is 4.79 Å². The summed E-state index contributed by atoms with van der Waals surface area (Å²) in [6.07, 6.45) is 0. The average Bonchev–Trinajstić information content (AvgIpc) is 2.44. The van der Waals surface area contributed by atoms with Gasteiger partial charge >= 0.3 is 0 Å². The highest BCUT2D eigenvalue weighted by Gasteiger charge is 2.24. The maximum Gasteiger partial charge on any atom is 0.254 e. The summed E-state index contributed by atoms with van der Waals surface area (Å²) >= 11 is 0. The van der Waals surface area contributed by atoms with Gasteiger partial charge in [0.2, 0.25) is 0 Å². The van der Waals surface area contributed by atoms with E-state index in [2.05, 4.69) is 0 Å². The van der Waals surface area contributed by atoms with E-state index < -0.39 is 0 Å². The number of carbonyl (C=O) groups excluding carboxylic acids is 1. The molecule has 0 atom stereocenters. The maximum absolute atomic E-state index is 11.6. The van der Waals surface area contributed by atoms with Crippen LogP contribution in [-0.2, 0) is 6.54 Å². The second kappa shape index (κ2) is 3.79. The summed E-state index contributed by atoms with van der Waals surface area (Å²) < 4.78 is 0. The minimum absolute atomic E-state index is 0. The van der Waals surface area contributed by atoms with Crippen LogP contribution < -0.4 is 0 Å². The first kappa shape index (κ1) is 10.1. The van der Waals surface area contributed by atoms with Crippen LogP contribution in [-0.4, -0.2) is 17.4 Å². The third-order valence-electron chi connectivity index (χ3n) is 2.28. The summed E-state index contributed by atoms with van der Waals surface area (Å²) in [4.78, 5) is 13.4. The lowest BCUT2D eigenvalue weighted by molar-refractivity contribution is 0.0787. The Morgan fingerprint density at radius 3 is 2.69 bits per heavy atom. The van der Waals surface area contributed by atoms with Gasteiger partial charge in [-0.1, -0.05) is 18.2 Å². The number of amides is 1. The molecule has 1 aliphatic rings. The molecule has 2 nitrogen and oxygen atoms in total. The van der Waals surface area contributed by atoms with E-state index in [4.69, 9.17) is 0 Å². The monoisotopic (exact) mass is 197 g/mol. The Hall–Kier alpha value is -1.02. The number of hydrogen-bond acceptors (Lipinski definition) is 1. The van der Waals surface area contributed by atoms with Crippen molar-refractivity contribution in [2.24, 2.45) is 0 Å². The summed E-state index contributed by atoms with van der Waals surface area (Å²) in [5.74, 6) is 0.174. The molecule has 0 unspecified atom stereocenters. The van der Waals surface area contributed by atoms with Gasteiger partial charge in [-0.2, -0.15) is 0 Å². The Morgan fingerprint density at radius 2 is 2.08 bits per heavy atom. The van der Waals surface area contributed by atoms with Gasteiger partial charge in [0.25, 0.3) is 5.91 Å². The van der Waals surface area contributed by atoms with E-state index in [1.165, 1.54) is 0 Å². The highest BCUT2D eigenvalue weighted by Crippen LogP contribution is 2.21. The Morgan fingerprint density at radius 1 is 1.38 bits per heavy atom. The predicted octanol–water partition coefficient (Wildman–Crippen LogP) is 2.08. The lowest BCUT2D eigenvalue weighted by Crippen LogP contribution is -2.22. The topological polar surface area (TPSA) is 20.3 Å². The molecule has 0 bridgehead atoms. The van der Waals surface area contributed by atoms with Crippen LogP contribution in [0.25, 0.3) is 0 Å². The van der Waals surface area contributed by atoms with Crippen molar-refractivity contribution in [1.82, 2.24) is 4.90 Å². The molecule has 0 radical (unpaired) electrons. The van der Waals surface area contributed by atoms with Gasteiger partial charge in [0.1, 0.15) is 0 Å². The molecule has 1 aromatic rings. The molecule has 2 rings (SSSR count). The first-order chi connectivity index (χ1) is 5.83. The normalized spacial score (nSPS) is 13.9. The van der Waals surface area contributed by atoms with Crippen molar-refractivity contribution in [2.45, 2.75) is 13.5 Å². The number of fused-ring (bicyclic) bond motifs is 1. The number of rotatable bonds is 1. The molecule has 1 aliphatic heterocycles. The lowest BCUT2D eigenvalue weighted by atomic mass is 10.1. The molecule has 70 valence electrons. The Kier molecular flexibility index (Phi) is 2.94. The van der Waals surface area contributed by atoms with Gasteiger partial charge in [-0.25, -0.2) is 0 Å². The van der Waals surface area contributed by atoms with Crippen LogP contribution in [0.4, 0.5) is 0 Å². The molecule has 0 saturated heterocycles. The van der Waals surface area contributed by atoms with Crippen LogP contribution >= 0.6 is 12.4 Å². The van der Waals surface area contributed by atoms with Gasteiger partial charge in [-0.15, -0.1) is 12.4 Å². The van der Waals surface area contributed by atoms with E-state index >= 15 is 0 Å². The van der Waals surface area contributed by atoms with Crippen molar-refractivity contribution in [3.05, 3.63) is 35.4 Å². The molecule has 1 heterocycles. The van der Waals surface area contributed by atoms with Gasteiger partial charge in [0.15, 0.2) is 0 Å². The van der Waals surface area contributed by atoms with Crippen LogP contribution in [0.2, 0.25) is 0 Å². The molecule has 0 fully saturated rings. The molecular formula is C10H12ClNO. The van der Waals surface area contributed by atoms with Crippen molar-refractivity contribution in [2.75, 3.05) is 6.54 Å². The second-order valence-corrected chi connectivity index (χ2v) is 2.98. The average molecular weight is 198 g/mol. The molecule has 1 aromatic carbocycles. The third kappa shape index (κ3) is 1.54. The maximum atomic E-state index is 11.6. The summed E-state index contributed by atoms with van der Waals surface area (Å²) in [7, 11) is 0. The zero-order valence-corrected chi connectivity index (χ0v) is 8.30. The lowest BCUT2D eigenvalue weighted by Gasteiger charge is -2.10. The second-order valence-electron chi connectivity index (χ2n) is 2.98. The van der Waals surface area contributed by atoms with Gasteiger partial charge in [0, 0.05) is 18.7 Å². The van der Waals surface area contributed by atoms with Crippen LogP contribution in [0.1, 0.15) is 22.8 Å². The molecule has 0 N–H and O–H groups in total. The fraction of sp³-hybridized carbons (Fsp3) is 0.300. The first-order valence-electron chi connectivity index (χ1n) is 4.20. The molecule has 0 aromatic heterocycles. The van der Waals surface area contributed by atoms with Crippen molar-refractivity contribution in [3.63, 3.8) is 0 Å². The van der Waals surface area contributed by atoms with Crippen molar-refractivity contribution >= 4 is 18.3 Å². The van der Waals surface area contributed by atoms with Crippen molar-refractivity contribution < 1.29 is 4.79 Å². The van der Waals surface area contributed by atoms with Gasteiger partial charge in [-0.05, 0) is 18.6 Å². The van der Waals surface area contributed by atoms with Crippen molar-refractivity contribution in [3.8, 4) is 0 Å². The van der Waals surface area contributed by atoms with E-state index in [0.717, 1.165) is 24.2 Å². The molecular weight excluding hydrogens is 186 g/mol. The number of nitrogens with zero attached hydrogens (tertiary/aromatic N) is 1. The molecule has 3 heteroatoms. The van der Waals surface area contributed by atoms with E-state index in [1.807, 2.05) is 36.1 Å². The van der Waals surface area contributed by atoms with Crippen LogP contribution in [0.15, 0.2) is 24.3 Å². The number of carbonyl (C=O) groups is 1. The number of benzene rings is 1. The third-order valence-corrected chi connectivity index (χ3v) is 2.28. The molecule has 13 heavy (non-hydrogen) atoms. The van der Waals surface area contributed by atoms with Crippen molar-refractivity contribution in [1.29, 1.82) is 0 Å². The summed E-state index contributed by atoms with van der Waals surface area (Å²) in [5, 5.41) is 0. The zero-order valence-electron chi connectivity index (χ0n) is 7.49. The summed E-state index contributed by atoms with van der Waals surface area (Å²) in [6.45, 7) is 3.59. The smallest absolute Gasteiger partial charge is 0.254 e. The molecule has 0 aliphatic carbocycles. The fourth-order valence-electron chi connectivity index (χ4n) is 1.57. The standard InChI is InChI=1S/C10H11NO.ClH/c1-2-11-7-8-5-3-4-6-9(8)10(11)12;/h3-6H,2,7H2,1H3;1H. The highest BCUT2D eigenvalue weighted by atomic mass is 35.5. The molecule has 0 spiro atoms. The van der Waals surface area contributed by atoms with E-state index in [1.54, 1.807) is 0 Å². The first-order valence-corrected chi connectivity index (χ1v) is 4.20. The Balaban J connectivity index is 0.000000845. The quantitative estimate of drug-likeness (QED) is 0.675. The number of hydrogen-bond donors (Lipinski definition) is 0. The van der Waals surface area contributed by atoms with E-state index in [-0.39, 0.29) is 18.3 Å².